The van der Waals surface area contributed by atoms with Crippen LogP contribution in [0.2, 0.25) is 9.45 Å². The molecule has 3 aliphatic rings. The average molecular weight is 461 g/mol. The quantitative estimate of drug-likeness (QED) is 0.596. The van der Waals surface area contributed by atoms with Gasteiger partial charge in [0.05, 0.1) is 0 Å². The summed E-state index contributed by atoms with van der Waals surface area (Å²) in [6.07, 6.45) is 5.01. The minimum atomic E-state index is -2.07. The summed E-state index contributed by atoms with van der Waals surface area (Å²) in [5.41, 5.74) is 15.4. The Balaban J connectivity index is 0.00000120. The molecule has 1 saturated heterocycles. The summed E-state index contributed by atoms with van der Waals surface area (Å²) in [6, 6.07) is 9.93. The van der Waals surface area contributed by atoms with Gasteiger partial charge in [-0.05, 0) is 0 Å². The number of aryl methyl sites for hydroxylation is 4. The van der Waals surface area contributed by atoms with Crippen molar-refractivity contribution >= 4 is 12.2 Å². The zero-order valence-corrected chi connectivity index (χ0v) is 21.4. The zero-order valence-electron chi connectivity index (χ0n) is 18.3. The molecule has 0 radical (unpaired) electrons. The molecule has 0 nitrogen and oxygen atoms in total. The number of hydrogen-bond donors (Lipinski definition) is 0. The van der Waals surface area contributed by atoms with Gasteiger partial charge in [0.1, 0.15) is 0 Å². The van der Waals surface area contributed by atoms with Crippen LogP contribution >= 0.6 is 0 Å². The van der Waals surface area contributed by atoms with Gasteiger partial charge >= 0.3 is 168 Å². The van der Waals surface area contributed by atoms with Gasteiger partial charge in [0.25, 0.3) is 0 Å². The van der Waals surface area contributed by atoms with E-state index in [-0.39, 0.29) is 24.8 Å². The maximum atomic E-state index is 2.53. The molecule has 0 spiro atoms. The molecule has 0 saturated carbocycles. The maximum Gasteiger partial charge on any atom is -1.00 e. The van der Waals surface area contributed by atoms with Crippen LogP contribution in [0.15, 0.2) is 35.4 Å². The molecule has 2 aromatic carbocycles. The maximum absolute atomic E-state index is 2.53. The minimum Gasteiger partial charge on any atom is -1.00 e. The third-order valence-corrected chi connectivity index (χ3v) is 16.2. The van der Waals surface area contributed by atoms with E-state index < -0.39 is 16.6 Å². The Morgan fingerprint density at radius 1 is 0.586 bits per heavy atom. The minimum absolute atomic E-state index is 0. The Morgan fingerprint density at radius 2 is 0.931 bits per heavy atom. The van der Waals surface area contributed by atoms with Crippen LogP contribution in [0.4, 0.5) is 0 Å². The van der Waals surface area contributed by atoms with E-state index in [9.17, 15) is 0 Å². The predicted molar refractivity (Wildman–Crippen MR) is 114 cm³/mol. The third-order valence-electron chi connectivity index (χ3n) is 7.67. The van der Waals surface area contributed by atoms with Crippen molar-refractivity contribution in [1.29, 1.82) is 0 Å². The summed E-state index contributed by atoms with van der Waals surface area (Å²) in [4.78, 5) is 0. The molecule has 0 bridgehead atoms. The monoisotopic (exact) mass is 460 g/mol. The van der Waals surface area contributed by atoms with E-state index in [2.05, 4.69) is 78.0 Å². The topological polar surface area (TPSA) is 0 Å². The second-order valence-electron chi connectivity index (χ2n) is 9.51. The molecule has 1 heterocycles. The van der Waals surface area contributed by atoms with Gasteiger partial charge in [-0.25, -0.2) is 0 Å². The van der Waals surface area contributed by atoms with E-state index in [1.54, 1.807) is 22.3 Å². The van der Waals surface area contributed by atoms with Crippen molar-refractivity contribution < 1.29 is 41.4 Å². The van der Waals surface area contributed by atoms with E-state index in [0.29, 0.717) is 0 Å². The second kappa shape index (κ2) is 7.72. The number of benzene rings is 2. The smallest absolute Gasteiger partial charge is 1.00 e. The molecule has 5 rings (SSSR count). The van der Waals surface area contributed by atoms with Crippen molar-refractivity contribution in [3.05, 3.63) is 79.9 Å². The Kier molecular flexibility index (Phi) is 6.09. The molecule has 2 atom stereocenters. The van der Waals surface area contributed by atoms with Gasteiger partial charge in [-0.2, -0.15) is 0 Å². The first kappa shape index (κ1) is 22.9. The molecule has 0 amide bonds. The Morgan fingerprint density at radius 3 is 1.28 bits per heavy atom. The fourth-order valence-electron chi connectivity index (χ4n) is 6.03. The van der Waals surface area contributed by atoms with Gasteiger partial charge < -0.3 is 24.8 Å². The van der Waals surface area contributed by atoms with Crippen LogP contribution in [-0.2, 0) is 16.6 Å². The van der Waals surface area contributed by atoms with Crippen molar-refractivity contribution in [2.24, 2.45) is 0 Å². The van der Waals surface area contributed by atoms with Gasteiger partial charge in [0.2, 0.25) is 0 Å². The van der Waals surface area contributed by atoms with Gasteiger partial charge in [0, 0.05) is 0 Å². The first-order valence-corrected chi connectivity index (χ1v) is 14.4. The van der Waals surface area contributed by atoms with Crippen LogP contribution in [-0.4, -0.2) is 0 Å². The fraction of sp³-hybridized carbons (Fsp3) is 0.385. The molecular formula is C26H30Cl2Ti. The predicted octanol–water partition coefficient (Wildman–Crippen LogP) is 1.55. The summed E-state index contributed by atoms with van der Waals surface area (Å²) in [6.45, 7) is 13.9. The van der Waals surface area contributed by atoms with Gasteiger partial charge in [0.15, 0.2) is 0 Å². The molecule has 152 valence electrons. The summed E-state index contributed by atoms with van der Waals surface area (Å²) < 4.78 is 4.59. The summed E-state index contributed by atoms with van der Waals surface area (Å²) in [5, 5.41) is 0. The Hall–Kier alpha value is -0.786. The van der Waals surface area contributed by atoms with E-state index in [1.165, 1.54) is 42.8 Å². The molecule has 1 aliphatic heterocycles. The fourth-order valence-corrected chi connectivity index (χ4v) is 16.5. The van der Waals surface area contributed by atoms with E-state index in [4.69, 9.17) is 0 Å². The first-order chi connectivity index (χ1) is 12.8. The molecule has 2 aromatic rings. The summed E-state index contributed by atoms with van der Waals surface area (Å²) in [7, 11) is 0. The second-order valence-corrected chi connectivity index (χ2v) is 16.7. The summed E-state index contributed by atoms with van der Waals surface area (Å²) >= 11 is -2.07. The van der Waals surface area contributed by atoms with Crippen LogP contribution in [0.1, 0.15) is 66.8 Å². The van der Waals surface area contributed by atoms with E-state index >= 15 is 0 Å². The normalized spacial score (nSPS) is 21.6. The van der Waals surface area contributed by atoms with Crippen LogP contribution in [0.5, 0.6) is 0 Å². The van der Waals surface area contributed by atoms with Crippen molar-refractivity contribution in [3.8, 4) is 0 Å². The standard InChI is InChI=1S/2C12H13.C2H4.2ClH.Ti/c2*1-8-4-11-6-9(2)10(3)7-12(11)5-8;1-2;;;/h2*4-7H,1-3H3;1-2H2;2*1H;/q;;;;;+2/p-2. The SMILES string of the molecule is CC1=Cc2cc(C)c(C)cc2[CH]1[Ti+2]1([CH]2C(C)=Cc3cc(C)c(C)cc32)[CH2][CH2]1.[Cl-].[Cl-]. The van der Waals surface area contributed by atoms with Crippen molar-refractivity contribution in [2.75, 3.05) is 0 Å². The molecule has 1 fully saturated rings. The van der Waals surface area contributed by atoms with Crippen molar-refractivity contribution in [1.82, 2.24) is 0 Å². The van der Waals surface area contributed by atoms with Gasteiger partial charge in [-0.15, -0.1) is 0 Å². The van der Waals surface area contributed by atoms with Crippen LogP contribution in [0, 0.1) is 27.7 Å². The number of allylic oxidation sites excluding steroid dienone is 2. The first-order valence-electron chi connectivity index (χ1n) is 10.4. The molecule has 0 aromatic heterocycles. The van der Waals surface area contributed by atoms with Crippen molar-refractivity contribution in [2.45, 2.75) is 59.4 Å². The molecule has 2 unspecified atom stereocenters. The molecule has 2 aliphatic carbocycles. The summed E-state index contributed by atoms with van der Waals surface area (Å²) in [5.74, 6) is 0. The Bertz CT molecular complexity index is 975. The largest absolute Gasteiger partial charge is 1.00 e. The Labute approximate surface area is 192 Å². The van der Waals surface area contributed by atoms with Gasteiger partial charge in [-0.3, -0.25) is 0 Å². The average Bonchev–Trinajstić information content (AvgIpc) is 3.21. The number of halogens is 2. The molecule has 3 heteroatoms. The van der Waals surface area contributed by atoms with Gasteiger partial charge in [-0.1, -0.05) is 0 Å². The van der Waals surface area contributed by atoms with Crippen LogP contribution in [0.3, 0.4) is 0 Å². The number of hydrogen-bond acceptors (Lipinski definition) is 0. The van der Waals surface area contributed by atoms with Crippen LogP contribution < -0.4 is 24.8 Å². The molecule has 29 heavy (non-hydrogen) atoms. The molecule has 0 N–H and O–H groups in total. The number of fused-ring (bicyclic) bond motifs is 2. The zero-order chi connectivity index (χ0) is 19.1. The van der Waals surface area contributed by atoms with E-state index in [1.807, 2.05) is 0 Å². The van der Waals surface area contributed by atoms with Crippen molar-refractivity contribution in [3.63, 3.8) is 0 Å². The molecular weight excluding hydrogens is 431 g/mol. The van der Waals surface area contributed by atoms with Crippen LogP contribution in [0.25, 0.3) is 12.2 Å². The van der Waals surface area contributed by atoms with E-state index in [0.717, 1.165) is 8.45 Å². The third kappa shape index (κ3) is 3.32. The number of rotatable bonds is 2.